The molecule has 3 aromatic rings. The number of hydrogen-bond acceptors (Lipinski definition) is 3. The zero-order valence-electron chi connectivity index (χ0n) is 9.84. The monoisotopic (exact) mass is 254 g/mol. The number of benzene rings is 2. The third-order valence-corrected chi connectivity index (χ3v) is 4.35. The highest BCUT2D eigenvalue weighted by atomic mass is 32.1. The van der Waals surface area contributed by atoms with Crippen LogP contribution < -0.4 is 11.5 Å². The van der Waals surface area contributed by atoms with Crippen molar-refractivity contribution in [2.45, 2.75) is 6.04 Å². The predicted octanol–water partition coefficient (Wildman–Crippen LogP) is 3.53. The summed E-state index contributed by atoms with van der Waals surface area (Å²) < 4.78 is 2.55. The molecule has 3 rings (SSSR count). The molecule has 0 amide bonds. The summed E-state index contributed by atoms with van der Waals surface area (Å²) in [6.45, 7) is 0. The first-order valence-electron chi connectivity index (χ1n) is 5.85. The number of hydrogen-bond donors (Lipinski definition) is 2. The molecule has 2 nitrogen and oxygen atoms in total. The lowest BCUT2D eigenvalue weighted by atomic mass is 10.0. The fourth-order valence-corrected chi connectivity index (χ4v) is 3.52. The number of nitrogens with two attached hydrogens (primary N) is 2. The van der Waals surface area contributed by atoms with Gasteiger partial charge in [-0.2, -0.15) is 0 Å². The lowest BCUT2D eigenvalue weighted by Gasteiger charge is -2.07. The molecule has 2 aromatic carbocycles. The molecule has 90 valence electrons. The third-order valence-electron chi connectivity index (χ3n) is 3.11. The van der Waals surface area contributed by atoms with Gasteiger partial charge in [-0.3, -0.25) is 0 Å². The van der Waals surface area contributed by atoms with Crippen LogP contribution in [0.15, 0.2) is 54.7 Å². The van der Waals surface area contributed by atoms with Gasteiger partial charge in [0.2, 0.25) is 0 Å². The molecule has 4 N–H and O–H groups in total. The smallest absolute Gasteiger partial charge is 0.0512 e. The topological polar surface area (TPSA) is 52.0 Å². The van der Waals surface area contributed by atoms with Gasteiger partial charge in [0.25, 0.3) is 0 Å². The van der Waals surface area contributed by atoms with Gasteiger partial charge in [-0.1, -0.05) is 36.4 Å². The third kappa shape index (κ3) is 1.68. The maximum Gasteiger partial charge on any atom is 0.0512 e. The second kappa shape index (κ2) is 4.44. The Morgan fingerprint density at radius 1 is 1.00 bits per heavy atom. The van der Waals surface area contributed by atoms with Gasteiger partial charge in [-0.25, -0.2) is 0 Å². The van der Waals surface area contributed by atoms with E-state index in [1.165, 1.54) is 26.4 Å². The minimum Gasteiger partial charge on any atom is -0.405 e. The van der Waals surface area contributed by atoms with Crippen molar-refractivity contribution < 1.29 is 0 Å². The van der Waals surface area contributed by atoms with Crippen LogP contribution in [0.1, 0.15) is 11.6 Å². The van der Waals surface area contributed by atoms with Crippen LogP contribution in [0.5, 0.6) is 0 Å². The van der Waals surface area contributed by atoms with Crippen molar-refractivity contribution in [2.75, 3.05) is 0 Å². The van der Waals surface area contributed by atoms with Crippen molar-refractivity contribution in [1.82, 2.24) is 0 Å². The molecule has 0 fully saturated rings. The maximum atomic E-state index is 6.13. The second-order valence-electron chi connectivity index (χ2n) is 4.23. The van der Waals surface area contributed by atoms with Gasteiger partial charge < -0.3 is 11.5 Å². The normalized spacial score (nSPS) is 13.6. The molecule has 3 heteroatoms. The Morgan fingerprint density at radius 2 is 1.78 bits per heavy atom. The first-order chi connectivity index (χ1) is 8.81. The van der Waals surface area contributed by atoms with E-state index >= 15 is 0 Å². The minimum atomic E-state index is -0.147. The lowest BCUT2D eigenvalue weighted by Crippen LogP contribution is -2.07. The van der Waals surface area contributed by atoms with Crippen molar-refractivity contribution in [3.8, 4) is 0 Å². The minimum absolute atomic E-state index is 0.147. The average molecular weight is 254 g/mol. The Morgan fingerprint density at radius 3 is 2.61 bits per heavy atom. The summed E-state index contributed by atoms with van der Waals surface area (Å²) in [5.41, 5.74) is 12.7. The van der Waals surface area contributed by atoms with Gasteiger partial charge in [0.1, 0.15) is 0 Å². The van der Waals surface area contributed by atoms with E-state index in [0.717, 1.165) is 5.56 Å². The first kappa shape index (κ1) is 11.3. The number of thiophene rings is 1. The van der Waals surface area contributed by atoms with Gasteiger partial charge in [0, 0.05) is 20.2 Å². The average Bonchev–Trinajstić information content (AvgIpc) is 2.77. The highest BCUT2D eigenvalue weighted by molar-refractivity contribution is 7.26. The summed E-state index contributed by atoms with van der Waals surface area (Å²) in [5, 5.41) is 2.57. The van der Waals surface area contributed by atoms with Crippen LogP contribution in [0.4, 0.5) is 0 Å². The van der Waals surface area contributed by atoms with E-state index in [4.69, 9.17) is 11.5 Å². The number of fused-ring (bicyclic) bond motifs is 3. The molecular weight excluding hydrogens is 240 g/mol. The van der Waals surface area contributed by atoms with E-state index in [-0.39, 0.29) is 6.04 Å². The molecule has 0 aliphatic carbocycles. The Kier molecular flexibility index (Phi) is 2.78. The van der Waals surface area contributed by atoms with Gasteiger partial charge in [0.15, 0.2) is 0 Å². The van der Waals surface area contributed by atoms with Crippen LogP contribution in [0.3, 0.4) is 0 Å². The van der Waals surface area contributed by atoms with Crippen molar-refractivity contribution in [3.05, 3.63) is 60.3 Å². The predicted molar refractivity (Wildman–Crippen MR) is 79.6 cm³/mol. The molecule has 0 aliphatic heterocycles. The summed E-state index contributed by atoms with van der Waals surface area (Å²) in [6.07, 6.45) is 3.33. The molecular formula is C15H14N2S. The first-order valence-corrected chi connectivity index (χ1v) is 6.67. The molecule has 0 aliphatic rings. The highest BCUT2D eigenvalue weighted by Crippen LogP contribution is 2.37. The lowest BCUT2D eigenvalue weighted by molar-refractivity contribution is 0.920. The van der Waals surface area contributed by atoms with E-state index in [2.05, 4.69) is 42.5 Å². The maximum absolute atomic E-state index is 6.13. The Bertz CT molecular complexity index is 728. The quantitative estimate of drug-likeness (QED) is 0.735. The summed E-state index contributed by atoms with van der Waals surface area (Å²) >= 11 is 1.79. The Hall–Kier alpha value is -1.84. The van der Waals surface area contributed by atoms with Crippen LogP contribution in [-0.4, -0.2) is 0 Å². The largest absolute Gasteiger partial charge is 0.405 e. The SMILES string of the molecule is N/C=C\C(N)c1cccc2c1sc1ccccc12. The van der Waals surface area contributed by atoms with Gasteiger partial charge >= 0.3 is 0 Å². The van der Waals surface area contributed by atoms with Gasteiger partial charge in [-0.15, -0.1) is 11.3 Å². The van der Waals surface area contributed by atoms with Crippen LogP contribution in [0, 0.1) is 0 Å². The van der Waals surface area contributed by atoms with E-state index in [1.807, 2.05) is 6.08 Å². The van der Waals surface area contributed by atoms with Crippen molar-refractivity contribution in [2.24, 2.45) is 11.5 Å². The number of rotatable bonds is 2. The molecule has 1 aromatic heterocycles. The molecule has 0 radical (unpaired) electrons. The molecule has 1 heterocycles. The standard InChI is InChI=1S/C15H14N2S/c16-9-8-13(17)12-6-3-5-11-10-4-1-2-7-14(10)18-15(11)12/h1-9,13H,16-17H2/b9-8-. The van der Waals surface area contributed by atoms with Crippen LogP contribution in [0.2, 0.25) is 0 Å². The summed E-state index contributed by atoms with van der Waals surface area (Å²) in [5.74, 6) is 0. The van der Waals surface area contributed by atoms with E-state index in [0.29, 0.717) is 0 Å². The Balaban J connectivity index is 2.34. The van der Waals surface area contributed by atoms with Crippen molar-refractivity contribution in [3.63, 3.8) is 0 Å². The van der Waals surface area contributed by atoms with Crippen molar-refractivity contribution >= 4 is 31.5 Å². The molecule has 0 spiro atoms. The van der Waals surface area contributed by atoms with Crippen LogP contribution >= 0.6 is 11.3 Å². The van der Waals surface area contributed by atoms with Gasteiger partial charge in [0.05, 0.1) is 6.04 Å². The van der Waals surface area contributed by atoms with Gasteiger partial charge in [-0.05, 0) is 23.9 Å². The molecule has 0 saturated carbocycles. The fraction of sp³-hybridized carbons (Fsp3) is 0.0667. The van der Waals surface area contributed by atoms with E-state index in [9.17, 15) is 0 Å². The highest BCUT2D eigenvalue weighted by Gasteiger charge is 2.11. The molecule has 0 bridgehead atoms. The molecule has 18 heavy (non-hydrogen) atoms. The fourth-order valence-electron chi connectivity index (χ4n) is 2.25. The van der Waals surface area contributed by atoms with E-state index < -0.39 is 0 Å². The summed E-state index contributed by atoms with van der Waals surface area (Å²) in [7, 11) is 0. The second-order valence-corrected chi connectivity index (χ2v) is 5.29. The van der Waals surface area contributed by atoms with Crippen LogP contribution in [-0.2, 0) is 0 Å². The Labute approximate surface area is 110 Å². The summed E-state index contributed by atoms with van der Waals surface area (Å²) in [4.78, 5) is 0. The molecule has 1 unspecified atom stereocenters. The van der Waals surface area contributed by atoms with Crippen LogP contribution in [0.25, 0.3) is 20.2 Å². The zero-order chi connectivity index (χ0) is 12.5. The molecule has 1 atom stereocenters. The van der Waals surface area contributed by atoms with Crippen molar-refractivity contribution in [1.29, 1.82) is 0 Å². The summed E-state index contributed by atoms with van der Waals surface area (Å²) in [6, 6.07) is 14.6. The molecule has 0 saturated heterocycles. The van der Waals surface area contributed by atoms with E-state index in [1.54, 1.807) is 11.3 Å². The zero-order valence-corrected chi connectivity index (χ0v) is 10.7.